The van der Waals surface area contributed by atoms with Crippen LogP contribution in [-0.2, 0) is 0 Å². The average Bonchev–Trinajstić information content (AvgIpc) is 2.27. The van der Waals surface area contributed by atoms with Crippen LogP contribution in [0.25, 0.3) is 0 Å². The Labute approximate surface area is 98.2 Å². The molecule has 0 bridgehead atoms. The maximum absolute atomic E-state index is 6.02. The summed E-state index contributed by atoms with van der Waals surface area (Å²) >= 11 is 0. The van der Waals surface area contributed by atoms with Crippen molar-refractivity contribution in [1.29, 1.82) is 0 Å². The summed E-state index contributed by atoms with van der Waals surface area (Å²) in [4.78, 5) is 2.30. The van der Waals surface area contributed by atoms with Gasteiger partial charge in [0.25, 0.3) is 0 Å². The number of hydrogen-bond donors (Lipinski definition) is 1. The fourth-order valence-corrected chi connectivity index (χ4v) is 1.80. The Morgan fingerprint density at radius 2 is 2.06 bits per heavy atom. The third-order valence-corrected chi connectivity index (χ3v) is 2.63. The minimum Gasteiger partial charge on any atom is -0.497 e. The van der Waals surface area contributed by atoms with Crippen LogP contribution in [0.1, 0.15) is 27.2 Å². The quantitative estimate of drug-likeness (QED) is 0.778. The SMILES string of the molecule is CCCN(c1cc(OC)ccc1N)C(C)C. The lowest BCUT2D eigenvalue weighted by Gasteiger charge is -2.30. The fraction of sp³-hybridized carbons (Fsp3) is 0.538. The molecule has 2 N–H and O–H groups in total. The standard InChI is InChI=1S/C13H22N2O/c1-5-8-15(10(2)3)13-9-11(16-4)6-7-12(13)14/h6-7,9-10H,5,8,14H2,1-4H3. The van der Waals surface area contributed by atoms with Crippen molar-refractivity contribution in [2.24, 2.45) is 0 Å². The number of nitrogen functional groups attached to an aromatic ring is 1. The monoisotopic (exact) mass is 222 g/mol. The van der Waals surface area contributed by atoms with E-state index in [9.17, 15) is 0 Å². The summed E-state index contributed by atoms with van der Waals surface area (Å²) in [6, 6.07) is 6.24. The van der Waals surface area contributed by atoms with E-state index < -0.39 is 0 Å². The number of anilines is 2. The highest BCUT2D eigenvalue weighted by molar-refractivity contribution is 5.70. The molecule has 1 rings (SSSR count). The van der Waals surface area contributed by atoms with Gasteiger partial charge in [0.15, 0.2) is 0 Å². The van der Waals surface area contributed by atoms with Crippen molar-refractivity contribution >= 4 is 11.4 Å². The molecule has 0 atom stereocenters. The molecule has 90 valence electrons. The molecule has 0 unspecified atom stereocenters. The smallest absolute Gasteiger partial charge is 0.121 e. The number of nitrogens with two attached hydrogens (primary N) is 1. The molecule has 0 amide bonds. The van der Waals surface area contributed by atoms with Crippen molar-refractivity contribution in [2.45, 2.75) is 33.2 Å². The van der Waals surface area contributed by atoms with Crippen LogP contribution >= 0.6 is 0 Å². The first-order chi connectivity index (χ1) is 7.60. The second-order valence-electron chi connectivity index (χ2n) is 4.21. The molecular weight excluding hydrogens is 200 g/mol. The van der Waals surface area contributed by atoms with Gasteiger partial charge >= 0.3 is 0 Å². The molecule has 0 heterocycles. The van der Waals surface area contributed by atoms with Crippen LogP contribution in [0.4, 0.5) is 11.4 Å². The molecule has 0 saturated heterocycles. The number of hydrogen-bond acceptors (Lipinski definition) is 3. The average molecular weight is 222 g/mol. The molecule has 0 aromatic heterocycles. The van der Waals surface area contributed by atoms with Crippen molar-refractivity contribution in [3.63, 3.8) is 0 Å². The highest BCUT2D eigenvalue weighted by atomic mass is 16.5. The molecule has 3 nitrogen and oxygen atoms in total. The summed E-state index contributed by atoms with van der Waals surface area (Å²) in [5.74, 6) is 0.853. The van der Waals surface area contributed by atoms with E-state index >= 15 is 0 Å². The second-order valence-corrected chi connectivity index (χ2v) is 4.21. The predicted octanol–water partition coefficient (Wildman–Crippen LogP) is 2.90. The third kappa shape index (κ3) is 2.81. The number of methoxy groups -OCH3 is 1. The van der Waals surface area contributed by atoms with E-state index in [4.69, 9.17) is 10.5 Å². The molecular formula is C13H22N2O. The van der Waals surface area contributed by atoms with Gasteiger partial charge in [-0.25, -0.2) is 0 Å². The minimum atomic E-state index is 0.439. The van der Waals surface area contributed by atoms with Gasteiger partial charge in [-0.3, -0.25) is 0 Å². The minimum absolute atomic E-state index is 0.439. The highest BCUT2D eigenvalue weighted by Crippen LogP contribution is 2.29. The number of ether oxygens (including phenoxy) is 1. The Bertz CT molecular complexity index is 337. The summed E-state index contributed by atoms with van der Waals surface area (Å²) in [6.07, 6.45) is 1.11. The number of nitrogens with zero attached hydrogens (tertiary/aromatic N) is 1. The maximum Gasteiger partial charge on any atom is 0.121 e. The van der Waals surface area contributed by atoms with Crippen LogP contribution in [0.5, 0.6) is 5.75 Å². The van der Waals surface area contributed by atoms with Gasteiger partial charge in [-0.05, 0) is 32.4 Å². The molecule has 0 saturated carbocycles. The Morgan fingerprint density at radius 3 is 2.56 bits per heavy atom. The number of benzene rings is 1. The summed E-state index contributed by atoms with van der Waals surface area (Å²) in [7, 11) is 1.68. The maximum atomic E-state index is 6.02. The lowest BCUT2D eigenvalue weighted by atomic mass is 10.2. The molecule has 0 aliphatic rings. The molecule has 1 aromatic rings. The van der Waals surface area contributed by atoms with Gasteiger partial charge in [0.05, 0.1) is 18.5 Å². The van der Waals surface area contributed by atoms with Crippen LogP contribution in [0, 0.1) is 0 Å². The normalized spacial score (nSPS) is 10.6. The molecule has 0 spiro atoms. The molecule has 0 radical (unpaired) electrons. The van der Waals surface area contributed by atoms with Crippen molar-refractivity contribution in [3.8, 4) is 5.75 Å². The second kappa shape index (κ2) is 5.64. The van der Waals surface area contributed by atoms with E-state index in [-0.39, 0.29) is 0 Å². The molecule has 0 aliphatic heterocycles. The number of rotatable bonds is 5. The van der Waals surface area contributed by atoms with E-state index in [1.165, 1.54) is 0 Å². The van der Waals surface area contributed by atoms with Gasteiger partial charge in [0.2, 0.25) is 0 Å². The van der Waals surface area contributed by atoms with Crippen LogP contribution in [0.15, 0.2) is 18.2 Å². The fourth-order valence-electron chi connectivity index (χ4n) is 1.80. The summed E-state index contributed by atoms with van der Waals surface area (Å²) < 4.78 is 5.24. The van der Waals surface area contributed by atoms with Crippen LogP contribution in [0.2, 0.25) is 0 Å². The van der Waals surface area contributed by atoms with Crippen LogP contribution < -0.4 is 15.4 Å². The molecule has 0 fully saturated rings. The van der Waals surface area contributed by atoms with Gasteiger partial charge in [-0.15, -0.1) is 0 Å². The molecule has 1 aromatic carbocycles. The first kappa shape index (κ1) is 12.7. The van der Waals surface area contributed by atoms with Gasteiger partial charge in [-0.2, -0.15) is 0 Å². The summed E-state index contributed by atoms with van der Waals surface area (Å²) in [5.41, 5.74) is 7.89. The van der Waals surface area contributed by atoms with E-state index in [1.807, 2.05) is 18.2 Å². The van der Waals surface area contributed by atoms with E-state index in [0.29, 0.717) is 6.04 Å². The summed E-state index contributed by atoms with van der Waals surface area (Å²) in [5, 5.41) is 0. The molecule has 0 aliphatic carbocycles. The molecule has 3 heteroatoms. The zero-order valence-corrected chi connectivity index (χ0v) is 10.7. The topological polar surface area (TPSA) is 38.5 Å². The zero-order chi connectivity index (χ0) is 12.1. The lowest BCUT2D eigenvalue weighted by Crippen LogP contribution is -2.32. The predicted molar refractivity (Wildman–Crippen MR) is 70.2 cm³/mol. The van der Waals surface area contributed by atoms with Crippen molar-refractivity contribution in [2.75, 3.05) is 24.3 Å². The zero-order valence-electron chi connectivity index (χ0n) is 10.7. The Kier molecular flexibility index (Phi) is 4.47. The largest absolute Gasteiger partial charge is 0.497 e. The van der Waals surface area contributed by atoms with E-state index in [0.717, 1.165) is 30.1 Å². The van der Waals surface area contributed by atoms with Crippen LogP contribution in [0.3, 0.4) is 0 Å². The van der Waals surface area contributed by atoms with Crippen molar-refractivity contribution in [1.82, 2.24) is 0 Å². The van der Waals surface area contributed by atoms with E-state index in [2.05, 4.69) is 25.7 Å². The van der Waals surface area contributed by atoms with Gasteiger partial charge in [-0.1, -0.05) is 6.92 Å². The summed E-state index contributed by atoms with van der Waals surface area (Å²) in [6.45, 7) is 7.53. The van der Waals surface area contributed by atoms with Gasteiger partial charge in [0, 0.05) is 18.7 Å². The van der Waals surface area contributed by atoms with Crippen LogP contribution in [-0.4, -0.2) is 19.7 Å². The molecule has 16 heavy (non-hydrogen) atoms. The van der Waals surface area contributed by atoms with Crippen molar-refractivity contribution in [3.05, 3.63) is 18.2 Å². The highest BCUT2D eigenvalue weighted by Gasteiger charge is 2.13. The van der Waals surface area contributed by atoms with Gasteiger partial charge in [0.1, 0.15) is 5.75 Å². The lowest BCUT2D eigenvalue weighted by molar-refractivity contribution is 0.414. The van der Waals surface area contributed by atoms with E-state index in [1.54, 1.807) is 7.11 Å². The third-order valence-electron chi connectivity index (χ3n) is 2.63. The first-order valence-electron chi connectivity index (χ1n) is 5.80. The Morgan fingerprint density at radius 1 is 1.38 bits per heavy atom. The van der Waals surface area contributed by atoms with Gasteiger partial charge < -0.3 is 15.4 Å². The Balaban J connectivity index is 3.06. The van der Waals surface area contributed by atoms with Crippen molar-refractivity contribution < 1.29 is 4.74 Å². The first-order valence-corrected chi connectivity index (χ1v) is 5.80. The Hall–Kier alpha value is -1.38.